The van der Waals surface area contributed by atoms with Crippen molar-refractivity contribution in [3.05, 3.63) is 18.2 Å². The Balaban J connectivity index is 2.03. The number of anilines is 2. The fraction of sp³-hybridized carbons (Fsp3) is 0.538. The van der Waals surface area contributed by atoms with Crippen molar-refractivity contribution in [2.24, 2.45) is 17.0 Å². The molecule has 1 aliphatic rings. The molecule has 1 aromatic carbocycles. The molecular weight excluding hydrogens is 278 g/mol. The third-order valence-corrected chi connectivity index (χ3v) is 4.87. The van der Waals surface area contributed by atoms with E-state index < -0.39 is 10.0 Å². The van der Waals surface area contributed by atoms with E-state index in [0.717, 1.165) is 25.8 Å². The van der Waals surface area contributed by atoms with E-state index in [0.29, 0.717) is 23.2 Å². The zero-order valence-corrected chi connectivity index (χ0v) is 12.1. The summed E-state index contributed by atoms with van der Waals surface area (Å²) in [5.41, 5.74) is 6.89. The molecule has 2 rings (SSSR count). The number of rotatable bonds is 5. The summed E-state index contributed by atoms with van der Waals surface area (Å²) in [4.78, 5) is 0.00894. The summed E-state index contributed by atoms with van der Waals surface area (Å²) in [6.45, 7) is 0.941. The van der Waals surface area contributed by atoms with Crippen molar-refractivity contribution in [1.82, 2.24) is 0 Å². The van der Waals surface area contributed by atoms with Crippen molar-refractivity contribution in [1.29, 1.82) is 0 Å². The van der Waals surface area contributed by atoms with Crippen LogP contribution in [0.5, 0.6) is 0 Å². The summed E-state index contributed by atoms with van der Waals surface area (Å²) in [6, 6.07) is 4.42. The Morgan fingerprint density at radius 3 is 2.60 bits per heavy atom. The molecule has 20 heavy (non-hydrogen) atoms. The topological polar surface area (TPSA) is 118 Å². The van der Waals surface area contributed by atoms with Crippen LogP contribution in [0.1, 0.15) is 19.3 Å². The van der Waals surface area contributed by atoms with Crippen molar-refractivity contribution in [2.45, 2.75) is 24.2 Å². The number of hydrogen-bond acceptors (Lipinski definition) is 5. The second-order valence-corrected chi connectivity index (χ2v) is 6.87. The van der Waals surface area contributed by atoms with Gasteiger partial charge in [0.25, 0.3) is 0 Å². The fourth-order valence-electron chi connectivity index (χ4n) is 2.74. The third-order valence-electron chi connectivity index (χ3n) is 3.96. The van der Waals surface area contributed by atoms with Gasteiger partial charge in [0.1, 0.15) is 0 Å². The monoisotopic (exact) mass is 299 g/mol. The van der Waals surface area contributed by atoms with Crippen LogP contribution in [0.2, 0.25) is 0 Å². The van der Waals surface area contributed by atoms with E-state index in [1.807, 2.05) is 0 Å². The second kappa shape index (κ2) is 5.99. The van der Waals surface area contributed by atoms with Crippen LogP contribution in [0.3, 0.4) is 0 Å². The Morgan fingerprint density at radius 1 is 1.30 bits per heavy atom. The number of nitrogens with one attached hydrogen (secondary N) is 1. The van der Waals surface area contributed by atoms with Gasteiger partial charge in [-0.2, -0.15) is 0 Å². The first-order chi connectivity index (χ1) is 9.41. The van der Waals surface area contributed by atoms with E-state index in [1.165, 1.54) is 12.1 Å². The number of sulfonamides is 1. The van der Waals surface area contributed by atoms with Gasteiger partial charge in [0, 0.05) is 13.2 Å². The molecule has 0 heterocycles. The highest BCUT2D eigenvalue weighted by Crippen LogP contribution is 2.32. The Morgan fingerprint density at radius 2 is 2.00 bits per heavy atom. The van der Waals surface area contributed by atoms with Gasteiger partial charge < -0.3 is 16.2 Å². The minimum absolute atomic E-state index is 0.00894. The molecule has 0 radical (unpaired) electrons. The highest BCUT2D eigenvalue weighted by atomic mass is 32.2. The van der Waals surface area contributed by atoms with Gasteiger partial charge in [-0.3, -0.25) is 0 Å². The normalized spacial score (nSPS) is 22.9. The highest BCUT2D eigenvalue weighted by Gasteiger charge is 2.26. The molecule has 0 aromatic heterocycles. The first-order valence-electron chi connectivity index (χ1n) is 6.69. The van der Waals surface area contributed by atoms with Crippen LogP contribution in [0.25, 0.3) is 0 Å². The van der Waals surface area contributed by atoms with Crippen LogP contribution in [0.15, 0.2) is 23.1 Å². The number of hydrogen-bond donors (Lipinski definition) is 4. The Kier molecular flexibility index (Phi) is 4.52. The predicted molar refractivity (Wildman–Crippen MR) is 78.6 cm³/mol. The molecule has 112 valence electrons. The summed E-state index contributed by atoms with van der Waals surface area (Å²) in [7, 11) is -3.73. The first kappa shape index (κ1) is 15.1. The molecule has 0 bridgehead atoms. The Bertz CT molecular complexity index is 574. The average Bonchev–Trinajstić information content (AvgIpc) is 2.83. The molecule has 2 atom stereocenters. The Labute approximate surface area is 119 Å². The van der Waals surface area contributed by atoms with Crippen LogP contribution in [-0.2, 0) is 10.0 Å². The van der Waals surface area contributed by atoms with E-state index in [9.17, 15) is 13.5 Å². The van der Waals surface area contributed by atoms with Gasteiger partial charge in [-0.25, -0.2) is 13.6 Å². The van der Waals surface area contributed by atoms with Gasteiger partial charge in [-0.15, -0.1) is 0 Å². The fourth-order valence-corrected chi connectivity index (χ4v) is 3.29. The smallest absolute Gasteiger partial charge is 0.238 e. The van der Waals surface area contributed by atoms with Crippen molar-refractivity contribution in [2.75, 3.05) is 24.2 Å². The molecule has 1 fully saturated rings. The van der Waals surface area contributed by atoms with Crippen molar-refractivity contribution in [3.63, 3.8) is 0 Å². The van der Waals surface area contributed by atoms with Gasteiger partial charge in [0.15, 0.2) is 0 Å². The van der Waals surface area contributed by atoms with E-state index >= 15 is 0 Å². The molecular formula is C13H21N3O3S. The quantitative estimate of drug-likeness (QED) is 0.598. The third kappa shape index (κ3) is 3.41. The lowest BCUT2D eigenvalue weighted by Gasteiger charge is -2.19. The van der Waals surface area contributed by atoms with Gasteiger partial charge in [0.2, 0.25) is 10.0 Å². The molecule has 1 saturated carbocycles. The number of benzene rings is 1. The lowest BCUT2D eigenvalue weighted by molar-refractivity contribution is 0.199. The SMILES string of the molecule is Nc1cc(S(N)(=O)=O)ccc1NCC1CCCC1CO. The summed E-state index contributed by atoms with van der Waals surface area (Å²) in [5, 5.41) is 17.6. The molecule has 1 aliphatic carbocycles. The van der Waals surface area contributed by atoms with Gasteiger partial charge in [0.05, 0.1) is 16.3 Å². The molecule has 6 nitrogen and oxygen atoms in total. The van der Waals surface area contributed by atoms with Gasteiger partial charge in [-0.05, 0) is 42.9 Å². The summed E-state index contributed by atoms with van der Waals surface area (Å²) in [6.07, 6.45) is 3.29. The molecule has 2 unspecified atom stereocenters. The number of aliphatic hydroxyl groups is 1. The molecule has 1 aromatic rings. The standard InChI is InChI=1S/C13H21N3O3S/c14-12-6-11(20(15,18)19)4-5-13(12)16-7-9-2-1-3-10(9)8-17/h4-6,9-10,16-17H,1-3,7-8,14H2,(H2,15,18,19). The number of nitrogen functional groups attached to an aromatic ring is 1. The van der Waals surface area contributed by atoms with Crippen molar-refractivity contribution < 1.29 is 13.5 Å². The minimum atomic E-state index is -3.73. The number of primary sulfonamides is 1. The maximum atomic E-state index is 11.2. The van der Waals surface area contributed by atoms with Gasteiger partial charge >= 0.3 is 0 Å². The largest absolute Gasteiger partial charge is 0.397 e. The average molecular weight is 299 g/mol. The van der Waals surface area contributed by atoms with Crippen molar-refractivity contribution >= 4 is 21.4 Å². The highest BCUT2D eigenvalue weighted by molar-refractivity contribution is 7.89. The zero-order chi connectivity index (χ0) is 14.8. The van der Waals surface area contributed by atoms with Gasteiger partial charge in [-0.1, -0.05) is 6.42 Å². The summed E-state index contributed by atoms with van der Waals surface area (Å²) in [5.74, 6) is 0.768. The second-order valence-electron chi connectivity index (χ2n) is 5.31. The lowest BCUT2D eigenvalue weighted by atomic mass is 9.97. The van der Waals surface area contributed by atoms with Crippen LogP contribution in [-0.4, -0.2) is 26.7 Å². The summed E-state index contributed by atoms with van der Waals surface area (Å²) >= 11 is 0. The number of nitrogens with two attached hydrogens (primary N) is 2. The van der Waals surface area contributed by atoms with Crippen LogP contribution in [0.4, 0.5) is 11.4 Å². The molecule has 0 spiro atoms. The predicted octanol–water partition coefficient (Wildman–Crippen LogP) is 0.737. The molecule has 0 saturated heterocycles. The first-order valence-corrected chi connectivity index (χ1v) is 8.23. The number of aliphatic hydroxyl groups excluding tert-OH is 1. The molecule has 0 aliphatic heterocycles. The van der Waals surface area contributed by atoms with E-state index in [1.54, 1.807) is 6.07 Å². The van der Waals surface area contributed by atoms with Crippen molar-refractivity contribution in [3.8, 4) is 0 Å². The molecule has 0 amide bonds. The molecule has 7 heteroatoms. The van der Waals surface area contributed by atoms with E-state index in [-0.39, 0.29) is 11.5 Å². The Hall–Kier alpha value is -1.31. The molecule has 6 N–H and O–H groups in total. The lowest BCUT2D eigenvalue weighted by Crippen LogP contribution is -2.21. The van der Waals surface area contributed by atoms with Crippen LogP contribution in [0, 0.1) is 11.8 Å². The van der Waals surface area contributed by atoms with E-state index in [4.69, 9.17) is 10.9 Å². The maximum absolute atomic E-state index is 11.2. The van der Waals surface area contributed by atoms with Crippen LogP contribution >= 0.6 is 0 Å². The minimum Gasteiger partial charge on any atom is -0.397 e. The van der Waals surface area contributed by atoms with E-state index in [2.05, 4.69) is 5.32 Å². The summed E-state index contributed by atoms with van der Waals surface area (Å²) < 4.78 is 22.4. The maximum Gasteiger partial charge on any atom is 0.238 e. The van der Waals surface area contributed by atoms with Crippen LogP contribution < -0.4 is 16.2 Å². The zero-order valence-electron chi connectivity index (χ0n) is 11.2.